The summed E-state index contributed by atoms with van der Waals surface area (Å²) in [5, 5.41) is 3.78. The molecule has 25 heavy (non-hydrogen) atoms. The van der Waals surface area contributed by atoms with Crippen LogP contribution in [0, 0.1) is 0 Å². The average molecular weight is 359 g/mol. The molecular weight excluding hydrogens is 336 g/mol. The molecule has 5 heteroatoms. The molecule has 1 amide bonds. The molecule has 0 bridgehead atoms. The van der Waals surface area contributed by atoms with Gasteiger partial charge in [-0.1, -0.05) is 48.0 Å². The number of carbonyl (C=O) groups excluding carboxylic acids is 1. The number of carbonyl (C=O) groups is 1. The van der Waals surface area contributed by atoms with Crippen LogP contribution in [0.3, 0.4) is 0 Å². The zero-order valence-electron chi connectivity index (χ0n) is 14.4. The molecule has 1 N–H and O–H groups in total. The van der Waals surface area contributed by atoms with E-state index in [1.807, 2.05) is 60.5 Å². The van der Waals surface area contributed by atoms with E-state index < -0.39 is 0 Å². The number of nitrogens with one attached hydrogen (secondary N) is 1. The first-order valence-electron chi connectivity index (χ1n) is 8.60. The van der Waals surface area contributed by atoms with Crippen LogP contribution in [-0.2, 0) is 4.79 Å². The van der Waals surface area contributed by atoms with Gasteiger partial charge in [-0.05, 0) is 43.1 Å². The predicted molar refractivity (Wildman–Crippen MR) is 101 cm³/mol. The Kier molecular flexibility index (Phi) is 5.95. The SMILES string of the molecule is CNC1CCN(C(=O)COc2ccc(-c3ccccc3)cc2Cl)CC1. The van der Waals surface area contributed by atoms with Crippen molar-refractivity contribution in [2.45, 2.75) is 18.9 Å². The number of nitrogens with zero attached hydrogens (tertiary/aromatic N) is 1. The molecule has 1 heterocycles. The highest BCUT2D eigenvalue weighted by Gasteiger charge is 2.22. The third kappa shape index (κ3) is 4.53. The van der Waals surface area contributed by atoms with E-state index in [0.29, 0.717) is 16.8 Å². The number of hydrogen-bond acceptors (Lipinski definition) is 3. The Hall–Kier alpha value is -2.04. The Morgan fingerprint density at radius 2 is 1.88 bits per heavy atom. The second kappa shape index (κ2) is 8.37. The molecule has 0 spiro atoms. The van der Waals surface area contributed by atoms with Crippen molar-refractivity contribution >= 4 is 17.5 Å². The Labute approximate surface area is 153 Å². The van der Waals surface area contributed by atoms with E-state index in [2.05, 4.69) is 5.32 Å². The molecule has 1 aliphatic heterocycles. The van der Waals surface area contributed by atoms with Gasteiger partial charge in [0.1, 0.15) is 5.75 Å². The number of likely N-dealkylation sites (tertiary alicyclic amines) is 1. The maximum atomic E-state index is 12.3. The summed E-state index contributed by atoms with van der Waals surface area (Å²) in [4.78, 5) is 14.2. The molecule has 132 valence electrons. The van der Waals surface area contributed by atoms with Crippen molar-refractivity contribution in [1.29, 1.82) is 0 Å². The molecule has 0 unspecified atom stereocenters. The van der Waals surface area contributed by atoms with E-state index in [0.717, 1.165) is 37.1 Å². The number of hydrogen-bond donors (Lipinski definition) is 1. The maximum Gasteiger partial charge on any atom is 0.260 e. The maximum absolute atomic E-state index is 12.3. The second-order valence-corrected chi connectivity index (χ2v) is 6.65. The molecule has 0 aliphatic carbocycles. The third-order valence-corrected chi connectivity index (χ3v) is 4.94. The minimum absolute atomic E-state index is 0.0118. The number of amides is 1. The van der Waals surface area contributed by atoms with Gasteiger partial charge in [0.25, 0.3) is 5.91 Å². The lowest BCUT2D eigenvalue weighted by atomic mass is 10.1. The van der Waals surface area contributed by atoms with Crippen molar-refractivity contribution in [1.82, 2.24) is 10.2 Å². The summed E-state index contributed by atoms with van der Waals surface area (Å²) < 4.78 is 5.66. The van der Waals surface area contributed by atoms with Gasteiger partial charge in [-0.15, -0.1) is 0 Å². The third-order valence-electron chi connectivity index (χ3n) is 4.65. The lowest BCUT2D eigenvalue weighted by Crippen LogP contribution is -2.45. The zero-order chi connectivity index (χ0) is 17.6. The summed E-state index contributed by atoms with van der Waals surface area (Å²) in [7, 11) is 1.96. The largest absolute Gasteiger partial charge is 0.482 e. The molecule has 3 rings (SSSR count). The fourth-order valence-corrected chi connectivity index (χ4v) is 3.31. The first kappa shape index (κ1) is 17.8. The highest BCUT2D eigenvalue weighted by molar-refractivity contribution is 6.32. The first-order valence-corrected chi connectivity index (χ1v) is 8.98. The van der Waals surface area contributed by atoms with Crippen molar-refractivity contribution < 1.29 is 9.53 Å². The van der Waals surface area contributed by atoms with Gasteiger partial charge in [0.2, 0.25) is 0 Å². The van der Waals surface area contributed by atoms with Crippen LogP contribution in [0.15, 0.2) is 48.5 Å². The van der Waals surface area contributed by atoms with E-state index in [9.17, 15) is 4.79 Å². The van der Waals surface area contributed by atoms with E-state index >= 15 is 0 Å². The Morgan fingerprint density at radius 1 is 1.16 bits per heavy atom. The van der Waals surface area contributed by atoms with Gasteiger partial charge in [-0.25, -0.2) is 0 Å². The molecule has 1 fully saturated rings. The summed E-state index contributed by atoms with van der Waals surface area (Å²) in [5.41, 5.74) is 2.12. The van der Waals surface area contributed by atoms with Crippen LogP contribution >= 0.6 is 11.6 Å². The van der Waals surface area contributed by atoms with E-state index in [1.165, 1.54) is 0 Å². The average Bonchev–Trinajstić information content (AvgIpc) is 2.67. The number of ether oxygens (including phenoxy) is 1. The van der Waals surface area contributed by atoms with E-state index in [1.54, 1.807) is 0 Å². The molecule has 4 nitrogen and oxygen atoms in total. The molecular formula is C20H23ClN2O2. The van der Waals surface area contributed by atoms with Crippen molar-refractivity contribution in [3.05, 3.63) is 53.6 Å². The van der Waals surface area contributed by atoms with Crippen LogP contribution in [0.4, 0.5) is 0 Å². The smallest absolute Gasteiger partial charge is 0.260 e. The van der Waals surface area contributed by atoms with E-state index in [-0.39, 0.29) is 12.5 Å². The van der Waals surface area contributed by atoms with Gasteiger partial charge in [-0.2, -0.15) is 0 Å². The molecule has 0 radical (unpaired) electrons. The standard InChI is InChI=1S/C20H23ClN2O2/c1-22-17-9-11-23(12-10-17)20(24)14-25-19-8-7-16(13-18(19)21)15-5-3-2-4-6-15/h2-8,13,17,22H,9-12,14H2,1H3. The summed E-state index contributed by atoms with van der Waals surface area (Å²) in [6.07, 6.45) is 1.96. The van der Waals surface area contributed by atoms with Gasteiger partial charge < -0.3 is 15.0 Å². The van der Waals surface area contributed by atoms with Crippen molar-refractivity contribution in [2.24, 2.45) is 0 Å². The molecule has 0 aromatic heterocycles. The highest BCUT2D eigenvalue weighted by Crippen LogP contribution is 2.30. The fourth-order valence-electron chi connectivity index (χ4n) is 3.08. The minimum atomic E-state index is 0.0118. The first-order chi connectivity index (χ1) is 12.2. The number of rotatable bonds is 5. The summed E-state index contributed by atoms with van der Waals surface area (Å²) >= 11 is 6.33. The molecule has 0 atom stereocenters. The van der Waals surface area contributed by atoms with Crippen LogP contribution in [-0.4, -0.2) is 43.6 Å². The summed E-state index contributed by atoms with van der Waals surface area (Å²) in [5.74, 6) is 0.553. The Balaban J connectivity index is 1.57. The molecule has 2 aromatic carbocycles. The normalized spacial score (nSPS) is 15.2. The predicted octanol–water partition coefficient (Wildman–Crippen LogP) is 3.60. The van der Waals surface area contributed by atoms with Crippen LogP contribution in [0.25, 0.3) is 11.1 Å². The molecule has 1 saturated heterocycles. The lowest BCUT2D eigenvalue weighted by Gasteiger charge is -2.31. The quantitative estimate of drug-likeness (QED) is 0.888. The van der Waals surface area contributed by atoms with Gasteiger partial charge >= 0.3 is 0 Å². The van der Waals surface area contributed by atoms with Gasteiger partial charge in [0, 0.05) is 19.1 Å². The van der Waals surface area contributed by atoms with Gasteiger partial charge in [0.15, 0.2) is 6.61 Å². The van der Waals surface area contributed by atoms with Gasteiger partial charge in [0.05, 0.1) is 5.02 Å². The van der Waals surface area contributed by atoms with Crippen LogP contribution in [0.1, 0.15) is 12.8 Å². The highest BCUT2D eigenvalue weighted by atomic mass is 35.5. The molecule has 0 saturated carbocycles. The summed E-state index contributed by atoms with van der Waals surface area (Å²) in [6, 6.07) is 16.2. The minimum Gasteiger partial charge on any atom is -0.482 e. The monoisotopic (exact) mass is 358 g/mol. The van der Waals surface area contributed by atoms with Gasteiger partial charge in [-0.3, -0.25) is 4.79 Å². The zero-order valence-corrected chi connectivity index (χ0v) is 15.1. The number of halogens is 1. The second-order valence-electron chi connectivity index (χ2n) is 6.24. The molecule has 2 aromatic rings. The van der Waals surface area contributed by atoms with Crippen LogP contribution in [0.5, 0.6) is 5.75 Å². The summed E-state index contributed by atoms with van der Waals surface area (Å²) in [6.45, 7) is 1.57. The Bertz CT molecular complexity index is 713. The number of benzene rings is 2. The van der Waals surface area contributed by atoms with Crippen molar-refractivity contribution in [3.8, 4) is 16.9 Å². The van der Waals surface area contributed by atoms with Crippen molar-refractivity contribution in [2.75, 3.05) is 26.7 Å². The van der Waals surface area contributed by atoms with E-state index in [4.69, 9.17) is 16.3 Å². The van der Waals surface area contributed by atoms with Crippen molar-refractivity contribution in [3.63, 3.8) is 0 Å². The lowest BCUT2D eigenvalue weighted by molar-refractivity contribution is -0.134. The fraction of sp³-hybridized carbons (Fsp3) is 0.350. The number of piperidine rings is 1. The van der Waals surface area contributed by atoms with Crippen LogP contribution in [0.2, 0.25) is 5.02 Å². The topological polar surface area (TPSA) is 41.6 Å². The van der Waals surface area contributed by atoms with Crippen LogP contribution < -0.4 is 10.1 Å². The Morgan fingerprint density at radius 3 is 2.52 bits per heavy atom. The molecule has 1 aliphatic rings.